The number of hydrogen-bond acceptors (Lipinski definition) is 5. The number of hydrogen-bond donors (Lipinski definition) is 0. The van der Waals surface area contributed by atoms with Crippen molar-refractivity contribution in [2.45, 2.75) is 13.3 Å². The van der Waals surface area contributed by atoms with Gasteiger partial charge in [0, 0.05) is 25.5 Å². The van der Waals surface area contributed by atoms with Gasteiger partial charge in [-0.05, 0) is 6.42 Å². The van der Waals surface area contributed by atoms with Crippen molar-refractivity contribution in [3.63, 3.8) is 0 Å². The summed E-state index contributed by atoms with van der Waals surface area (Å²) in [7, 11) is 2.20. The molecule has 0 fully saturated rings. The molecule has 0 spiro atoms. The first-order valence-corrected chi connectivity index (χ1v) is 7.18. The zero-order valence-corrected chi connectivity index (χ0v) is 10.4. The van der Waals surface area contributed by atoms with E-state index in [1.165, 1.54) is 11.2 Å². The Bertz CT molecular complexity index is 141. The monoisotopic (exact) mass is 226 g/mol. The summed E-state index contributed by atoms with van der Waals surface area (Å²) in [5.41, 5.74) is 0. The van der Waals surface area contributed by atoms with Crippen molar-refractivity contribution < 1.29 is 13.3 Å². The van der Waals surface area contributed by atoms with Gasteiger partial charge < -0.3 is 13.3 Å². The van der Waals surface area contributed by atoms with Crippen LogP contribution in [0.4, 0.5) is 0 Å². The highest BCUT2D eigenvalue weighted by molar-refractivity contribution is 8.42. The topological polar surface area (TPSA) is 27.7 Å². The summed E-state index contributed by atoms with van der Waals surface area (Å²) in [4.78, 5) is 0. The van der Waals surface area contributed by atoms with Crippen molar-refractivity contribution in [2.24, 2.45) is 0 Å². The second-order valence-corrected chi connectivity index (χ2v) is 7.73. The maximum atomic E-state index is 5.18. The molecule has 0 aromatic rings. The minimum atomic E-state index is -2.53. The lowest BCUT2D eigenvalue weighted by atomic mass is 10.6. The van der Waals surface area contributed by atoms with Crippen LogP contribution >= 0.6 is 23.4 Å². The first-order valence-electron chi connectivity index (χ1n) is 3.51. The van der Waals surface area contributed by atoms with E-state index in [4.69, 9.17) is 25.5 Å². The Morgan fingerprint density at radius 3 is 1.92 bits per heavy atom. The van der Waals surface area contributed by atoms with Crippen LogP contribution in [0.5, 0.6) is 0 Å². The normalized spacial score (nSPS) is 11.7. The predicted molar refractivity (Wildman–Crippen MR) is 57.3 cm³/mol. The Hall–Kier alpha value is 0.537. The maximum absolute atomic E-state index is 5.18. The lowest BCUT2D eigenvalue weighted by Crippen LogP contribution is -2.40. The lowest BCUT2D eigenvalue weighted by molar-refractivity contribution is 0.153. The fourth-order valence-electron chi connectivity index (χ4n) is 0.587. The minimum Gasteiger partial charge on any atom is -0.368 e. The summed E-state index contributed by atoms with van der Waals surface area (Å²) in [6, 6.07) is 0. The Morgan fingerprint density at radius 1 is 1.25 bits per heavy atom. The third kappa shape index (κ3) is 3.50. The zero-order valence-electron chi connectivity index (χ0n) is 7.75. The molecule has 0 aromatic heterocycles. The van der Waals surface area contributed by atoms with Gasteiger partial charge in [-0.3, -0.25) is 0 Å². The van der Waals surface area contributed by atoms with Crippen molar-refractivity contribution >= 4 is 35.6 Å². The molecule has 0 amide bonds. The van der Waals surface area contributed by atoms with Gasteiger partial charge in [-0.25, -0.2) is 0 Å². The Morgan fingerprint density at radius 2 is 1.67 bits per heavy atom. The molecule has 0 aromatic carbocycles. The van der Waals surface area contributed by atoms with E-state index in [1.54, 1.807) is 21.3 Å². The smallest absolute Gasteiger partial charge is 0.368 e. The molecular formula is C6H14O3S2Si. The molecule has 12 heavy (non-hydrogen) atoms. The molecule has 0 bridgehead atoms. The quantitative estimate of drug-likeness (QED) is 0.527. The van der Waals surface area contributed by atoms with E-state index in [2.05, 4.69) is 0 Å². The molecule has 0 aliphatic rings. The zero-order chi connectivity index (χ0) is 9.61. The molecule has 0 saturated carbocycles. The van der Waals surface area contributed by atoms with Crippen LogP contribution in [0.2, 0.25) is 0 Å². The van der Waals surface area contributed by atoms with Gasteiger partial charge in [-0.2, -0.15) is 0 Å². The summed E-state index contributed by atoms with van der Waals surface area (Å²) in [6.45, 7) is 2.00. The summed E-state index contributed by atoms with van der Waals surface area (Å²) >= 11 is 6.46. The maximum Gasteiger partial charge on any atom is 0.577 e. The summed E-state index contributed by atoms with van der Waals surface area (Å²) in [5, 5.41) is 0. The van der Waals surface area contributed by atoms with E-state index < -0.39 is 7.95 Å². The van der Waals surface area contributed by atoms with Crippen molar-refractivity contribution in [3.05, 3.63) is 0 Å². The molecular weight excluding hydrogens is 212 g/mol. The third-order valence-electron chi connectivity index (χ3n) is 1.28. The fraction of sp³-hybridized carbons (Fsp3) is 0.833. The predicted octanol–water partition coefficient (Wildman–Crippen LogP) is 1.83. The van der Waals surface area contributed by atoms with Crippen LogP contribution in [0.3, 0.4) is 0 Å². The van der Waals surface area contributed by atoms with Crippen LogP contribution in [0.15, 0.2) is 0 Å². The van der Waals surface area contributed by atoms with E-state index in [0.717, 1.165) is 10.6 Å². The van der Waals surface area contributed by atoms with Crippen molar-refractivity contribution in [1.29, 1.82) is 0 Å². The number of thiocarbonyl (C=S) groups is 1. The Labute approximate surface area is 83.8 Å². The highest BCUT2D eigenvalue weighted by Crippen LogP contribution is 2.25. The van der Waals surface area contributed by atoms with Crippen LogP contribution < -0.4 is 0 Å². The second kappa shape index (κ2) is 6.06. The average molecular weight is 226 g/mol. The minimum absolute atomic E-state index is 0.824. The van der Waals surface area contributed by atoms with Crippen molar-refractivity contribution in [3.8, 4) is 0 Å². The van der Waals surface area contributed by atoms with E-state index in [-0.39, 0.29) is 0 Å². The summed E-state index contributed by atoms with van der Waals surface area (Å²) in [6.07, 6.45) is 0.824. The molecule has 0 rings (SSSR count). The third-order valence-corrected chi connectivity index (χ3v) is 7.52. The van der Waals surface area contributed by atoms with Crippen LogP contribution in [0, 0.1) is 0 Å². The first kappa shape index (κ1) is 12.5. The van der Waals surface area contributed by atoms with Crippen molar-refractivity contribution in [1.82, 2.24) is 0 Å². The number of rotatable bonds is 5. The van der Waals surface area contributed by atoms with Gasteiger partial charge in [-0.1, -0.05) is 30.4 Å². The van der Waals surface area contributed by atoms with E-state index in [9.17, 15) is 0 Å². The van der Waals surface area contributed by atoms with Gasteiger partial charge in [0.2, 0.25) is 0 Å². The SMILES string of the molecule is CCC(=S)S[Si](OC)(OC)OC. The molecule has 0 aliphatic heterocycles. The van der Waals surface area contributed by atoms with Gasteiger partial charge in [0.05, 0.1) is 0 Å². The molecule has 0 saturated heterocycles. The second-order valence-electron chi connectivity index (χ2n) is 1.94. The van der Waals surface area contributed by atoms with E-state index >= 15 is 0 Å². The molecule has 0 heterocycles. The fourth-order valence-corrected chi connectivity index (χ4v) is 4.70. The molecule has 0 N–H and O–H groups in total. The summed E-state index contributed by atoms with van der Waals surface area (Å²) < 4.78 is 16.4. The van der Waals surface area contributed by atoms with Gasteiger partial charge >= 0.3 is 7.95 Å². The van der Waals surface area contributed by atoms with Crippen LogP contribution in [-0.4, -0.2) is 33.5 Å². The Balaban J connectivity index is 4.19. The molecule has 0 aliphatic carbocycles. The standard InChI is InChI=1S/C6H14O3S2Si/c1-5-6(10)11-12(7-2,8-3)9-4/h5H2,1-4H3. The lowest BCUT2D eigenvalue weighted by Gasteiger charge is -2.22. The van der Waals surface area contributed by atoms with Crippen LogP contribution in [0.25, 0.3) is 0 Å². The first-order chi connectivity index (χ1) is 5.64. The molecule has 0 atom stereocenters. The van der Waals surface area contributed by atoms with Crippen molar-refractivity contribution in [2.75, 3.05) is 21.3 Å². The van der Waals surface area contributed by atoms with E-state index in [1.807, 2.05) is 6.92 Å². The molecule has 3 nitrogen and oxygen atoms in total. The molecule has 0 radical (unpaired) electrons. The average Bonchev–Trinajstić information content (AvgIpc) is 2.14. The van der Waals surface area contributed by atoms with Crippen LogP contribution in [0.1, 0.15) is 13.3 Å². The highest BCUT2D eigenvalue weighted by atomic mass is 32.4. The highest BCUT2D eigenvalue weighted by Gasteiger charge is 2.40. The van der Waals surface area contributed by atoms with Crippen LogP contribution in [-0.2, 0) is 13.3 Å². The molecule has 0 unspecified atom stereocenters. The molecule has 6 heteroatoms. The van der Waals surface area contributed by atoms with Gasteiger partial charge in [0.1, 0.15) is 0 Å². The van der Waals surface area contributed by atoms with Gasteiger partial charge in [0.15, 0.2) is 0 Å². The summed E-state index contributed by atoms with van der Waals surface area (Å²) in [5.74, 6) is 0. The van der Waals surface area contributed by atoms with Gasteiger partial charge in [0.25, 0.3) is 0 Å². The molecule has 72 valence electrons. The van der Waals surface area contributed by atoms with Gasteiger partial charge in [-0.15, -0.1) is 0 Å². The largest absolute Gasteiger partial charge is 0.577 e. The van der Waals surface area contributed by atoms with E-state index in [0.29, 0.717) is 0 Å². The Kier molecular flexibility index (Phi) is 6.33.